The number of sulfonamides is 1. The Hall–Kier alpha value is -1.09. The Bertz CT molecular complexity index is 617. The van der Waals surface area contributed by atoms with Gasteiger partial charge in [0.05, 0.1) is 0 Å². The smallest absolute Gasteiger partial charge is 0.289 e. The number of hydrogen-bond acceptors (Lipinski definition) is 5. The van der Waals surface area contributed by atoms with Crippen LogP contribution in [-0.4, -0.2) is 45.4 Å². The molecule has 1 aromatic heterocycles. The standard InChI is InChI=1S/C13H21N3O4S.ClH/c1-9-5-6-16(10(7-9)8-14)13(17)11-3-4-12(20-11)21(18,19)15-2;/h3-4,9-10,15H,5-8,14H2,1-2H3;1H. The molecule has 2 heterocycles. The molecule has 0 saturated carbocycles. The first kappa shape index (κ1) is 19.0. The van der Waals surface area contributed by atoms with Crippen molar-refractivity contribution in [2.24, 2.45) is 11.7 Å². The quantitative estimate of drug-likeness (QED) is 0.835. The normalized spacial score (nSPS) is 22.2. The zero-order chi connectivity index (χ0) is 15.6. The minimum Gasteiger partial charge on any atom is -0.438 e. The summed E-state index contributed by atoms with van der Waals surface area (Å²) in [6.45, 7) is 3.13. The molecule has 3 N–H and O–H groups in total. The van der Waals surface area contributed by atoms with Gasteiger partial charge >= 0.3 is 0 Å². The van der Waals surface area contributed by atoms with Crippen LogP contribution in [-0.2, 0) is 10.0 Å². The lowest BCUT2D eigenvalue weighted by Crippen LogP contribution is -2.49. The summed E-state index contributed by atoms with van der Waals surface area (Å²) in [5, 5.41) is -0.261. The van der Waals surface area contributed by atoms with E-state index in [1.807, 2.05) is 0 Å². The second-order valence-electron chi connectivity index (χ2n) is 5.34. The largest absolute Gasteiger partial charge is 0.438 e. The van der Waals surface area contributed by atoms with Crippen molar-refractivity contribution in [3.8, 4) is 0 Å². The second-order valence-corrected chi connectivity index (χ2v) is 7.16. The number of nitrogens with one attached hydrogen (secondary N) is 1. The van der Waals surface area contributed by atoms with Gasteiger partial charge in [-0.3, -0.25) is 4.79 Å². The molecular weight excluding hydrogens is 330 g/mol. The number of hydrogen-bond donors (Lipinski definition) is 2. The fourth-order valence-corrected chi connectivity index (χ4v) is 3.21. The molecule has 1 amide bonds. The number of nitrogens with two attached hydrogens (primary N) is 1. The van der Waals surface area contributed by atoms with Crippen molar-refractivity contribution in [3.63, 3.8) is 0 Å². The summed E-state index contributed by atoms with van der Waals surface area (Å²) in [6, 6.07) is 2.64. The molecule has 1 fully saturated rings. The van der Waals surface area contributed by atoms with E-state index in [-0.39, 0.29) is 35.2 Å². The van der Waals surface area contributed by atoms with Crippen molar-refractivity contribution < 1.29 is 17.6 Å². The molecule has 2 unspecified atom stereocenters. The van der Waals surface area contributed by atoms with E-state index in [1.165, 1.54) is 19.2 Å². The van der Waals surface area contributed by atoms with Crippen LogP contribution in [0.1, 0.15) is 30.3 Å². The number of carbonyl (C=O) groups is 1. The molecule has 2 atom stereocenters. The third kappa shape index (κ3) is 3.81. The monoisotopic (exact) mass is 351 g/mol. The minimum atomic E-state index is -3.68. The highest BCUT2D eigenvalue weighted by molar-refractivity contribution is 7.89. The molecule has 7 nitrogen and oxygen atoms in total. The van der Waals surface area contributed by atoms with Crippen LogP contribution in [0.5, 0.6) is 0 Å². The molecular formula is C13H22ClN3O4S. The van der Waals surface area contributed by atoms with E-state index in [0.717, 1.165) is 12.8 Å². The average Bonchev–Trinajstić information content (AvgIpc) is 2.97. The van der Waals surface area contributed by atoms with Gasteiger partial charge < -0.3 is 15.1 Å². The van der Waals surface area contributed by atoms with Gasteiger partial charge in [-0.2, -0.15) is 0 Å². The fraction of sp³-hybridized carbons (Fsp3) is 0.615. The first-order chi connectivity index (χ1) is 9.89. The molecule has 0 spiro atoms. The summed E-state index contributed by atoms with van der Waals surface area (Å²) in [4.78, 5) is 14.1. The van der Waals surface area contributed by atoms with Crippen LogP contribution in [0.3, 0.4) is 0 Å². The Morgan fingerprint density at radius 1 is 1.50 bits per heavy atom. The number of likely N-dealkylation sites (tertiary alicyclic amines) is 1. The van der Waals surface area contributed by atoms with Gasteiger partial charge in [-0.1, -0.05) is 6.92 Å². The number of rotatable bonds is 4. The Kier molecular flexibility index (Phi) is 6.42. The summed E-state index contributed by atoms with van der Waals surface area (Å²) >= 11 is 0. The molecule has 126 valence electrons. The second kappa shape index (κ2) is 7.45. The molecule has 1 aliphatic heterocycles. The summed E-state index contributed by atoms with van der Waals surface area (Å²) < 4.78 is 30.6. The molecule has 0 aromatic carbocycles. The minimum absolute atomic E-state index is 0. The average molecular weight is 352 g/mol. The van der Waals surface area contributed by atoms with Gasteiger partial charge in [0.2, 0.25) is 5.09 Å². The predicted molar refractivity (Wildman–Crippen MR) is 84.5 cm³/mol. The number of halogens is 1. The Labute approximate surface area is 136 Å². The molecule has 2 rings (SSSR count). The number of furan rings is 1. The summed E-state index contributed by atoms with van der Waals surface area (Å²) in [6.07, 6.45) is 1.76. The fourth-order valence-electron chi connectivity index (χ4n) is 2.56. The van der Waals surface area contributed by atoms with Crippen molar-refractivity contribution in [1.82, 2.24) is 9.62 Å². The highest BCUT2D eigenvalue weighted by atomic mass is 35.5. The molecule has 22 heavy (non-hydrogen) atoms. The maximum absolute atomic E-state index is 12.5. The molecule has 1 aliphatic rings. The van der Waals surface area contributed by atoms with E-state index in [2.05, 4.69) is 11.6 Å². The number of amides is 1. The van der Waals surface area contributed by atoms with E-state index in [1.54, 1.807) is 4.90 Å². The third-order valence-corrected chi connectivity index (χ3v) is 5.12. The van der Waals surface area contributed by atoms with Crippen molar-refractivity contribution >= 4 is 28.3 Å². The molecule has 1 saturated heterocycles. The maximum atomic E-state index is 12.5. The topological polar surface area (TPSA) is 106 Å². The number of carbonyl (C=O) groups excluding carboxylic acids is 1. The Balaban J connectivity index is 0.00000242. The predicted octanol–water partition coefficient (Wildman–Crippen LogP) is 0.809. The van der Waals surface area contributed by atoms with Gasteiger partial charge in [0.25, 0.3) is 15.9 Å². The molecule has 0 bridgehead atoms. The molecule has 0 aliphatic carbocycles. The zero-order valence-electron chi connectivity index (χ0n) is 12.6. The lowest BCUT2D eigenvalue weighted by Gasteiger charge is -2.37. The van der Waals surface area contributed by atoms with Crippen molar-refractivity contribution in [2.75, 3.05) is 20.1 Å². The van der Waals surface area contributed by atoms with Crippen molar-refractivity contribution in [1.29, 1.82) is 0 Å². The lowest BCUT2D eigenvalue weighted by molar-refractivity contribution is 0.0536. The van der Waals surface area contributed by atoms with Gasteiger partial charge in [0.1, 0.15) is 0 Å². The number of nitrogens with zero attached hydrogens (tertiary/aromatic N) is 1. The van der Waals surface area contributed by atoms with Crippen LogP contribution in [0, 0.1) is 5.92 Å². The van der Waals surface area contributed by atoms with Crippen LogP contribution in [0.4, 0.5) is 0 Å². The van der Waals surface area contributed by atoms with Gasteiger partial charge in [-0.25, -0.2) is 13.1 Å². The van der Waals surface area contributed by atoms with E-state index in [0.29, 0.717) is 19.0 Å². The first-order valence-corrected chi connectivity index (χ1v) is 8.41. The van der Waals surface area contributed by atoms with Crippen molar-refractivity contribution in [3.05, 3.63) is 17.9 Å². The van der Waals surface area contributed by atoms with Crippen molar-refractivity contribution in [2.45, 2.75) is 30.9 Å². The Morgan fingerprint density at radius 3 is 2.77 bits per heavy atom. The SMILES string of the molecule is CNS(=O)(=O)c1ccc(C(=O)N2CCC(C)CC2CN)o1.Cl. The molecule has 1 aromatic rings. The van der Waals surface area contributed by atoms with Crippen LogP contribution in [0.25, 0.3) is 0 Å². The van der Waals surface area contributed by atoms with Gasteiger partial charge in [0, 0.05) is 19.1 Å². The summed E-state index contributed by atoms with van der Waals surface area (Å²) in [5.74, 6) is 0.242. The lowest BCUT2D eigenvalue weighted by atomic mass is 9.92. The van der Waals surface area contributed by atoms with Gasteiger partial charge in [0.15, 0.2) is 5.76 Å². The summed E-state index contributed by atoms with van der Waals surface area (Å²) in [5.41, 5.74) is 5.74. The highest BCUT2D eigenvalue weighted by Gasteiger charge is 2.31. The van der Waals surface area contributed by atoms with Crippen LogP contribution >= 0.6 is 12.4 Å². The summed E-state index contributed by atoms with van der Waals surface area (Å²) in [7, 11) is -2.39. The van der Waals surface area contributed by atoms with Crippen LogP contribution in [0.15, 0.2) is 21.6 Å². The zero-order valence-corrected chi connectivity index (χ0v) is 14.2. The third-order valence-electron chi connectivity index (χ3n) is 3.84. The van der Waals surface area contributed by atoms with Gasteiger partial charge in [-0.15, -0.1) is 12.4 Å². The van der Waals surface area contributed by atoms with E-state index < -0.39 is 10.0 Å². The van der Waals surface area contributed by atoms with E-state index in [4.69, 9.17) is 10.2 Å². The van der Waals surface area contributed by atoms with E-state index in [9.17, 15) is 13.2 Å². The highest BCUT2D eigenvalue weighted by Crippen LogP contribution is 2.24. The first-order valence-electron chi connectivity index (χ1n) is 6.93. The molecule has 9 heteroatoms. The van der Waals surface area contributed by atoms with Crippen LogP contribution in [0.2, 0.25) is 0 Å². The van der Waals surface area contributed by atoms with Gasteiger partial charge in [-0.05, 0) is 37.9 Å². The van der Waals surface area contributed by atoms with Crippen LogP contribution < -0.4 is 10.5 Å². The number of piperidine rings is 1. The molecule has 0 radical (unpaired) electrons. The Morgan fingerprint density at radius 2 is 2.18 bits per heavy atom. The van der Waals surface area contributed by atoms with E-state index >= 15 is 0 Å². The maximum Gasteiger partial charge on any atom is 0.289 e.